The van der Waals surface area contributed by atoms with Gasteiger partial charge in [0.25, 0.3) is 0 Å². The van der Waals surface area contributed by atoms with Crippen molar-refractivity contribution >= 4 is 44.1 Å². The van der Waals surface area contributed by atoms with Gasteiger partial charge in [-0.15, -0.1) is 0 Å². The van der Waals surface area contributed by atoms with Crippen LogP contribution >= 0.6 is 0 Å². The number of carboxylic acid groups (broad SMARTS) is 3. The number of aromatic carboxylic acids is 3. The molecular weight excluding hydrogens is 992 g/mol. The molecule has 3 aromatic carbocycles. The fourth-order valence-electron chi connectivity index (χ4n) is 3.18. The van der Waals surface area contributed by atoms with E-state index in [1.54, 1.807) is 0 Å². The second kappa shape index (κ2) is 16.4. The molecule has 3 aromatic rings. The van der Waals surface area contributed by atoms with Crippen LogP contribution < -0.4 is 15.3 Å². The quantitative estimate of drug-likeness (QED) is 0.217. The zero-order valence-electron chi connectivity index (χ0n) is 22.8. The summed E-state index contributed by atoms with van der Waals surface area (Å²) < 4.78 is 262. The summed E-state index contributed by atoms with van der Waals surface area (Å²) in [5.74, 6) is -41.1. The van der Waals surface area contributed by atoms with Gasteiger partial charge >= 0.3 is 44.7 Å². The van der Waals surface area contributed by atoms with Crippen molar-refractivity contribution in [2.24, 2.45) is 0 Å². The van der Waals surface area contributed by atoms with Gasteiger partial charge in [-0.05, 0) is 0 Å². The molecule has 0 saturated carbocycles. The van der Waals surface area contributed by atoms with Gasteiger partial charge in [0.2, 0.25) is 0 Å². The van der Waals surface area contributed by atoms with Crippen molar-refractivity contribution in [3.8, 4) is 0 Å². The normalized spacial score (nSPS) is 11.5. The third-order valence-electron chi connectivity index (χ3n) is 5.25. The van der Waals surface area contributed by atoms with Crippen molar-refractivity contribution in [1.82, 2.24) is 0 Å². The Hall–Kier alpha value is -4.52. The monoisotopic (exact) mass is 992 g/mol. The van der Waals surface area contributed by atoms with Gasteiger partial charge in [0.1, 0.15) is 16.7 Å². The summed E-state index contributed by atoms with van der Waals surface area (Å²) in [5.41, 5.74) is -15.2. The molecule has 0 aliphatic heterocycles. The third kappa shape index (κ3) is 9.47. The summed E-state index contributed by atoms with van der Waals surface area (Å²) in [6.07, 6.45) is -17.1. The van der Waals surface area contributed by atoms with Gasteiger partial charge in [-0.3, -0.25) is 0 Å². The number of carbonyl (C=O) groups excluding carboxylic acids is 3. The predicted molar refractivity (Wildman–Crippen MR) is 113 cm³/mol. The Morgan fingerprint density at radius 2 is 0.423 bits per heavy atom. The van der Waals surface area contributed by atoms with Crippen LogP contribution in [-0.2, 0) is 18.5 Å². The number of carbonyl (C=O) groups is 3. The fourth-order valence-corrected chi connectivity index (χ4v) is 3.18. The Kier molecular flexibility index (Phi) is 15.0. The number of hydrogen-bond acceptors (Lipinski definition) is 6. The van der Waals surface area contributed by atoms with Crippen LogP contribution in [0.15, 0.2) is 0 Å². The number of benzene rings is 3. The maximum atomic E-state index is 12.8. The van der Waals surface area contributed by atoms with Crippen molar-refractivity contribution in [2.45, 2.75) is 18.5 Å². The Morgan fingerprint density at radius 3 is 0.500 bits per heavy atom. The van der Waals surface area contributed by atoms with Crippen LogP contribution in [0.3, 0.4) is 0 Å². The minimum absolute atomic E-state index is 0. The van der Waals surface area contributed by atoms with Crippen LogP contribution in [0.25, 0.3) is 0 Å². The minimum atomic E-state index is -5.71. The molecule has 0 amide bonds. The van der Waals surface area contributed by atoms with Crippen LogP contribution in [0.1, 0.15) is 47.8 Å². The zero-order valence-corrected chi connectivity index (χ0v) is 26.3. The number of hydrogen-bond donors (Lipinski definition) is 0. The van der Waals surface area contributed by atoms with Crippen LogP contribution in [-0.4, -0.2) is 44.1 Å². The Bertz CT molecular complexity index is 1610. The first-order valence-corrected chi connectivity index (χ1v) is 11.2. The van der Waals surface area contributed by atoms with E-state index in [0.29, 0.717) is 0 Å². The van der Waals surface area contributed by atoms with Crippen molar-refractivity contribution in [2.75, 3.05) is 0 Å². The van der Waals surface area contributed by atoms with E-state index in [2.05, 4.69) is 0 Å². The molecule has 0 N–H and O–H groups in total. The van der Waals surface area contributed by atoms with Crippen molar-refractivity contribution in [1.29, 1.82) is 0 Å². The van der Waals surface area contributed by atoms with Crippen molar-refractivity contribution in [3.63, 3.8) is 0 Å². The summed E-state index contributed by atoms with van der Waals surface area (Å²) in [6.45, 7) is 0. The second-order valence-corrected chi connectivity index (χ2v) is 8.37. The number of rotatable bonds is 3. The third-order valence-corrected chi connectivity index (χ3v) is 5.25. The predicted octanol–water partition coefficient (Wildman–Crippen LogP) is 4.50. The van der Waals surface area contributed by atoms with E-state index in [1.807, 2.05) is 0 Å². The SMILES string of the molecule is O=C([O-])c1c(F)c(F)c(C(F)(F)F)c(F)c1F.O=C([O-])c1c(F)c(F)c(C(F)(F)F)c(F)c1F.O=C([O-])c1c(F)c(F)c(C(F)(F)F)c(F)c1F.[Bi+3]. The topological polar surface area (TPSA) is 120 Å². The van der Waals surface area contributed by atoms with E-state index >= 15 is 0 Å². The van der Waals surface area contributed by atoms with Gasteiger partial charge in [0, 0.05) is 0 Å². The Balaban J connectivity index is 0.000000743. The molecule has 0 atom stereocenters. The summed E-state index contributed by atoms with van der Waals surface area (Å²) >= 11 is 0. The first-order chi connectivity index (χ1) is 22.8. The molecule has 28 heteroatoms. The molecule has 0 unspecified atom stereocenters. The van der Waals surface area contributed by atoms with Gasteiger partial charge in [0.05, 0.1) is 34.6 Å². The van der Waals surface area contributed by atoms with Gasteiger partial charge in [-0.25, -0.2) is 52.7 Å². The molecule has 52 heavy (non-hydrogen) atoms. The Labute approximate surface area is 287 Å². The summed E-state index contributed by atoms with van der Waals surface area (Å²) in [4.78, 5) is 30.3. The molecular formula is C24BiF21O6. The molecule has 284 valence electrons. The standard InChI is InChI=1S/3C8HF7O2.Bi/c3*9-3-1(7(16)17)4(10)6(12)2(5(3)11)8(13,14)15;/h3*(H,16,17);/q;;;+3/p-3. The molecule has 0 aliphatic carbocycles. The van der Waals surface area contributed by atoms with Gasteiger partial charge in [-0.2, -0.15) is 39.5 Å². The summed E-state index contributed by atoms with van der Waals surface area (Å²) in [7, 11) is 0. The van der Waals surface area contributed by atoms with Gasteiger partial charge in [0.15, 0.2) is 69.8 Å². The summed E-state index contributed by atoms with van der Waals surface area (Å²) in [5, 5.41) is 30.3. The van der Waals surface area contributed by atoms with Crippen LogP contribution in [0.4, 0.5) is 92.2 Å². The molecule has 0 aliphatic rings. The Morgan fingerprint density at radius 1 is 0.308 bits per heavy atom. The van der Waals surface area contributed by atoms with Crippen LogP contribution in [0, 0.1) is 69.8 Å². The molecule has 0 aromatic heterocycles. The molecule has 3 rings (SSSR count). The molecule has 0 spiro atoms. The van der Waals surface area contributed by atoms with Crippen molar-refractivity contribution in [3.05, 3.63) is 103 Å². The molecule has 2 radical (unpaired) electrons. The zero-order chi connectivity index (χ0) is 40.6. The minimum Gasteiger partial charge on any atom is -0.545 e. The molecule has 6 nitrogen and oxygen atoms in total. The van der Waals surface area contributed by atoms with Crippen LogP contribution in [0.2, 0.25) is 0 Å². The average Bonchev–Trinajstić information content (AvgIpc) is 2.92. The van der Waals surface area contributed by atoms with Crippen molar-refractivity contribution < 1.29 is 122 Å². The maximum Gasteiger partial charge on any atom is 3.00 e. The van der Waals surface area contributed by atoms with E-state index in [0.717, 1.165) is 0 Å². The first-order valence-electron chi connectivity index (χ1n) is 11.2. The smallest absolute Gasteiger partial charge is 0.545 e. The number of alkyl halides is 9. The van der Waals surface area contributed by atoms with Gasteiger partial charge < -0.3 is 29.7 Å². The maximum absolute atomic E-state index is 12.8. The largest absolute Gasteiger partial charge is 3.00 e. The fraction of sp³-hybridized carbons (Fsp3) is 0.125. The first kappa shape index (κ1) is 47.5. The van der Waals surface area contributed by atoms with E-state index < -0.39 is 140 Å². The number of carboxylic acids is 3. The second-order valence-electron chi connectivity index (χ2n) is 8.37. The number of halogens is 21. The molecule has 0 fully saturated rings. The molecule has 0 saturated heterocycles. The van der Waals surface area contributed by atoms with E-state index in [1.165, 1.54) is 0 Å². The van der Waals surface area contributed by atoms with Gasteiger partial charge in [-0.1, -0.05) is 0 Å². The molecule has 0 bridgehead atoms. The van der Waals surface area contributed by atoms with E-state index in [9.17, 15) is 122 Å². The molecule has 0 heterocycles. The van der Waals surface area contributed by atoms with E-state index in [4.69, 9.17) is 0 Å². The average molecular weight is 992 g/mol. The van der Waals surface area contributed by atoms with Crippen LogP contribution in [0.5, 0.6) is 0 Å². The van der Waals surface area contributed by atoms with E-state index in [-0.39, 0.29) is 26.2 Å². The summed E-state index contributed by atoms with van der Waals surface area (Å²) in [6, 6.07) is 0.